The summed E-state index contributed by atoms with van der Waals surface area (Å²) in [5.74, 6) is -1.16. The van der Waals surface area contributed by atoms with Gasteiger partial charge in [-0.1, -0.05) is 0 Å². The molecule has 1 aliphatic rings. The molecule has 1 aliphatic heterocycles. The second-order valence-electron chi connectivity index (χ2n) is 5.46. The maximum absolute atomic E-state index is 10.5. The molecule has 0 saturated heterocycles. The van der Waals surface area contributed by atoms with Crippen LogP contribution in [0.3, 0.4) is 0 Å². The molecule has 2 aromatic carbocycles. The summed E-state index contributed by atoms with van der Waals surface area (Å²) < 4.78 is 11.2. The summed E-state index contributed by atoms with van der Waals surface area (Å²) in [6, 6.07) is 5.28. The number of phenolic OH excluding ortho intramolecular Hbond substituents is 4. The predicted molar refractivity (Wildman–Crippen MR) is 82.8 cm³/mol. The minimum atomic E-state index is -0.585. The fourth-order valence-electron chi connectivity index (χ4n) is 2.54. The molecule has 3 rings (SSSR count). The van der Waals surface area contributed by atoms with Gasteiger partial charge < -0.3 is 29.9 Å². The Hall–Kier alpha value is -3.00. The number of fused-ring (bicyclic) bond motifs is 1. The summed E-state index contributed by atoms with van der Waals surface area (Å²) in [4.78, 5) is 10.5. The second-order valence-corrected chi connectivity index (χ2v) is 5.46. The number of rotatable bonds is 4. The number of hydrogen-bond donors (Lipinski definition) is 4. The Bertz CT molecular complexity index is 767. The topological polar surface area (TPSA) is 129 Å². The van der Waals surface area contributed by atoms with E-state index in [9.17, 15) is 25.3 Å². The fourth-order valence-corrected chi connectivity index (χ4v) is 2.54. The van der Waals surface area contributed by atoms with Crippen LogP contribution < -0.4 is 4.74 Å². The lowest BCUT2D eigenvalue weighted by Gasteiger charge is -2.26. The zero-order chi connectivity index (χ0) is 17.3. The van der Waals surface area contributed by atoms with Crippen molar-refractivity contribution in [3.05, 3.63) is 40.3 Å². The highest BCUT2D eigenvalue weighted by Gasteiger charge is 2.24. The van der Waals surface area contributed by atoms with E-state index in [1.165, 1.54) is 24.3 Å². The van der Waals surface area contributed by atoms with Crippen LogP contribution in [0.2, 0.25) is 0 Å². The van der Waals surface area contributed by atoms with Crippen LogP contribution >= 0.6 is 0 Å². The SMILES string of the molecule is O=Nc1cc(O)c2c(c1)OC[C@H](OCc1cc(O)c(O)c(O)c1)C2. The van der Waals surface area contributed by atoms with Crippen LogP contribution in [0, 0.1) is 4.91 Å². The molecule has 0 aromatic heterocycles. The summed E-state index contributed by atoms with van der Waals surface area (Å²) in [6.45, 7) is 0.282. The van der Waals surface area contributed by atoms with E-state index in [2.05, 4.69) is 5.18 Å². The Morgan fingerprint density at radius 2 is 1.79 bits per heavy atom. The monoisotopic (exact) mass is 333 g/mol. The number of phenols is 4. The predicted octanol–water partition coefficient (Wildman–Crippen LogP) is 2.43. The van der Waals surface area contributed by atoms with Crippen molar-refractivity contribution >= 4 is 5.69 Å². The molecule has 2 aromatic rings. The van der Waals surface area contributed by atoms with Crippen molar-refractivity contribution in [1.29, 1.82) is 0 Å². The second kappa shape index (κ2) is 6.25. The molecule has 0 unspecified atom stereocenters. The van der Waals surface area contributed by atoms with Crippen molar-refractivity contribution in [2.75, 3.05) is 6.61 Å². The van der Waals surface area contributed by atoms with E-state index in [1.54, 1.807) is 0 Å². The first-order valence-corrected chi connectivity index (χ1v) is 7.15. The van der Waals surface area contributed by atoms with E-state index < -0.39 is 17.2 Å². The van der Waals surface area contributed by atoms with Crippen LogP contribution in [0.25, 0.3) is 0 Å². The van der Waals surface area contributed by atoms with Crippen LogP contribution in [0.5, 0.6) is 28.7 Å². The Kier molecular flexibility index (Phi) is 4.13. The normalized spacial score (nSPS) is 16.2. The maximum atomic E-state index is 10.5. The third-order valence-electron chi connectivity index (χ3n) is 3.75. The van der Waals surface area contributed by atoms with Gasteiger partial charge in [-0.15, -0.1) is 4.91 Å². The molecule has 0 bridgehead atoms. The van der Waals surface area contributed by atoms with Gasteiger partial charge in [-0.05, 0) is 22.9 Å². The van der Waals surface area contributed by atoms with Crippen LogP contribution in [0.15, 0.2) is 29.4 Å². The standard InChI is InChI=1S/C16H15NO7/c18-12-3-9(17-22)4-15-11(12)5-10(7-24-15)23-6-8-1-13(19)16(21)14(20)2-8/h1-4,10,18-21H,5-7H2/t10-/m1/s1. The minimum absolute atomic E-state index is 0.0689. The highest BCUT2D eigenvalue weighted by molar-refractivity contribution is 5.56. The number of nitroso groups, excluding NO2 is 1. The molecule has 24 heavy (non-hydrogen) atoms. The highest BCUT2D eigenvalue weighted by atomic mass is 16.5. The fraction of sp³-hybridized carbons (Fsp3) is 0.250. The first kappa shape index (κ1) is 15.9. The highest BCUT2D eigenvalue weighted by Crippen LogP contribution is 2.38. The molecule has 0 amide bonds. The smallest absolute Gasteiger partial charge is 0.200 e. The van der Waals surface area contributed by atoms with Crippen molar-refractivity contribution in [2.45, 2.75) is 19.1 Å². The lowest BCUT2D eigenvalue weighted by Crippen LogP contribution is -2.28. The van der Waals surface area contributed by atoms with Gasteiger partial charge in [0.05, 0.1) is 12.7 Å². The van der Waals surface area contributed by atoms with E-state index in [4.69, 9.17) is 9.47 Å². The van der Waals surface area contributed by atoms with Crippen LogP contribution in [0.1, 0.15) is 11.1 Å². The van der Waals surface area contributed by atoms with Crippen LogP contribution in [-0.2, 0) is 17.8 Å². The third kappa shape index (κ3) is 3.04. The molecular formula is C16H15NO7. The molecule has 1 atom stereocenters. The summed E-state index contributed by atoms with van der Waals surface area (Å²) >= 11 is 0. The quantitative estimate of drug-likeness (QED) is 0.499. The number of aromatic hydroxyl groups is 4. The minimum Gasteiger partial charge on any atom is -0.507 e. The molecule has 0 radical (unpaired) electrons. The van der Waals surface area contributed by atoms with E-state index in [-0.39, 0.29) is 30.8 Å². The lowest BCUT2D eigenvalue weighted by atomic mass is 10.0. The Balaban J connectivity index is 1.69. The van der Waals surface area contributed by atoms with Crippen molar-refractivity contribution in [3.8, 4) is 28.7 Å². The number of benzene rings is 2. The molecule has 8 heteroatoms. The third-order valence-corrected chi connectivity index (χ3v) is 3.75. The summed E-state index contributed by atoms with van der Waals surface area (Å²) in [5.41, 5.74) is 1.08. The van der Waals surface area contributed by atoms with Gasteiger partial charge in [0.2, 0.25) is 0 Å². The molecule has 0 aliphatic carbocycles. The van der Waals surface area contributed by atoms with Gasteiger partial charge in [-0.25, -0.2) is 0 Å². The van der Waals surface area contributed by atoms with Crippen molar-refractivity contribution in [1.82, 2.24) is 0 Å². The zero-order valence-corrected chi connectivity index (χ0v) is 12.5. The molecule has 8 nitrogen and oxygen atoms in total. The van der Waals surface area contributed by atoms with Crippen LogP contribution in [0.4, 0.5) is 5.69 Å². The van der Waals surface area contributed by atoms with Gasteiger partial charge in [0.25, 0.3) is 0 Å². The molecular weight excluding hydrogens is 318 g/mol. The molecule has 0 saturated carbocycles. The average molecular weight is 333 g/mol. The van der Waals surface area contributed by atoms with Gasteiger partial charge in [-0.3, -0.25) is 0 Å². The first-order valence-electron chi connectivity index (χ1n) is 7.15. The molecule has 126 valence electrons. The van der Waals surface area contributed by atoms with Crippen molar-refractivity contribution < 1.29 is 29.9 Å². The molecule has 0 spiro atoms. The molecule has 4 N–H and O–H groups in total. The van der Waals surface area contributed by atoms with Gasteiger partial charge in [0, 0.05) is 24.1 Å². The van der Waals surface area contributed by atoms with E-state index >= 15 is 0 Å². The van der Waals surface area contributed by atoms with E-state index in [1.807, 2.05) is 0 Å². The van der Waals surface area contributed by atoms with Crippen molar-refractivity contribution in [3.63, 3.8) is 0 Å². The Morgan fingerprint density at radius 1 is 1.08 bits per heavy atom. The molecule has 0 fully saturated rings. The number of ether oxygens (including phenoxy) is 2. The van der Waals surface area contributed by atoms with E-state index in [0.717, 1.165) is 0 Å². The zero-order valence-electron chi connectivity index (χ0n) is 12.5. The Labute approximate surface area is 136 Å². The number of nitrogens with zero attached hydrogens (tertiary/aromatic N) is 1. The lowest BCUT2D eigenvalue weighted by molar-refractivity contribution is 0.000383. The maximum Gasteiger partial charge on any atom is 0.200 e. The average Bonchev–Trinajstić information content (AvgIpc) is 2.57. The summed E-state index contributed by atoms with van der Waals surface area (Å²) in [7, 11) is 0. The summed E-state index contributed by atoms with van der Waals surface area (Å²) in [6.07, 6.45) is 0.00706. The largest absolute Gasteiger partial charge is 0.507 e. The van der Waals surface area contributed by atoms with Gasteiger partial charge >= 0.3 is 0 Å². The Morgan fingerprint density at radius 3 is 2.46 bits per heavy atom. The van der Waals surface area contributed by atoms with Gasteiger partial charge in [0.1, 0.15) is 23.8 Å². The first-order chi connectivity index (χ1) is 11.5. The van der Waals surface area contributed by atoms with Gasteiger partial charge in [-0.2, -0.15) is 0 Å². The molecule has 1 heterocycles. The van der Waals surface area contributed by atoms with Crippen molar-refractivity contribution in [2.24, 2.45) is 5.18 Å². The summed E-state index contributed by atoms with van der Waals surface area (Å²) in [5, 5.41) is 41.0. The van der Waals surface area contributed by atoms with E-state index in [0.29, 0.717) is 23.3 Å². The number of hydrogen-bond acceptors (Lipinski definition) is 8. The van der Waals surface area contributed by atoms with Gasteiger partial charge in [0.15, 0.2) is 17.2 Å². The van der Waals surface area contributed by atoms with Crippen LogP contribution in [-0.4, -0.2) is 33.1 Å².